The summed E-state index contributed by atoms with van der Waals surface area (Å²) in [5, 5.41) is 9.62. The van der Waals surface area contributed by atoms with Crippen LogP contribution < -0.4 is 9.64 Å². The Bertz CT molecular complexity index is 1430. The Morgan fingerprint density at radius 2 is 1.80 bits per heavy atom. The zero-order chi connectivity index (χ0) is 28.7. The quantitative estimate of drug-likeness (QED) is 0.217. The number of amides is 1. The van der Waals surface area contributed by atoms with Gasteiger partial charge >= 0.3 is 12.1 Å². The first-order chi connectivity index (χ1) is 19.0. The van der Waals surface area contributed by atoms with Gasteiger partial charge < -0.3 is 14.7 Å². The third-order valence-electron chi connectivity index (χ3n) is 8.42. The molecule has 40 heavy (non-hydrogen) atoms. The third-order valence-corrected chi connectivity index (χ3v) is 8.75. The molecule has 2 aliphatic rings. The number of halogens is 1. The monoisotopic (exact) mass is 563 g/mol. The Labute approximate surface area is 240 Å². The molecule has 2 unspecified atom stereocenters. The first-order valence-electron chi connectivity index (χ1n) is 13.8. The summed E-state index contributed by atoms with van der Waals surface area (Å²) in [5.41, 5.74) is 2.44. The highest BCUT2D eigenvalue weighted by Gasteiger charge is 2.51. The SMILES string of the molecule is CC(C)(C)c1nccc(N2CCC([N+](C)(C(=O)c3ccccc3Cl)C3CCc4ccc(OC(=O)O)cc43)CC2)n1. The number of piperidine rings is 1. The number of anilines is 1. The average Bonchev–Trinajstić information content (AvgIpc) is 3.36. The van der Waals surface area contributed by atoms with Gasteiger partial charge in [-0.2, -0.15) is 0 Å². The highest BCUT2D eigenvalue weighted by molar-refractivity contribution is 6.33. The average molecular weight is 564 g/mol. The van der Waals surface area contributed by atoms with Gasteiger partial charge in [0.15, 0.2) is 0 Å². The van der Waals surface area contributed by atoms with Crippen molar-refractivity contribution < 1.29 is 23.9 Å². The van der Waals surface area contributed by atoms with Crippen molar-refractivity contribution in [3.63, 3.8) is 0 Å². The van der Waals surface area contributed by atoms with E-state index in [-0.39, 0.29) is 33.6 Å². The van der Waals surface area contributed by atoms with Crippen LogP contribution >= 0.6 is 11.6 Å². The Kier molecular flexibility index (Phi) is 7.59. The van der Waals surface area contributed by atoms with Crippen LogP contribution in [0, 0.1) is 0 Å². The molecule has 0 spiro atoms. The summed E-state index contributed by atoms with van der Waals surface area (Å²) in [4.78, 5) is 37.3. The molecule has 1 N–H and O–H groups in total. The number of aryl methyl sites for hydroxylation is 1. The smallest absolute Gasteiger partial charge is 0.449 e. The lowest BCUT2D eigenvalue weighted by atomic mass is 9.93. The number of carbonyl (C=O) groups excluding carboxylic acids is 1. The van der Waals surface area contributed by atoms with Crippen LogP contribution in [0.15, 0.2) is 54.7 Å². The molecule has 1 aromatic heterocycles. The molecule has 5 rings (SSSR count). The van der Waals surface area contributed by atoms with Crippen molar-refractivity contribution in [2.45, 2.75) is 64.0 Å². The molecule has 1 amide bonds. The van der Waals surface area contributed by atoms with Gasteiger partial charge in [-0.3, -0.25) is 0 Å². The van der Waals surface area contributed by atoms with Gasteiger partial charge in [-0.15, -0.1) is 0 Å². The first kappa shape index (κ1) is 28.1. The number of nitrogens with zero attached hydrogens (tertiary/aromatic N) is 4. The molecule has 1 aliphatic carbocycles. The second-order valence-electron chi connectivity index (χ2n) is 11.9. The molecule has 0 saturated carbocycles. The molecule has 0 bridgehead atoms. The molecule has 1 aliphatic heterocycles. The van der Waals surface area contributed by atoms with Crippen LogP contribution in [0.25, 0.3) is 0 Å². The number of aromatic nitrogens is 2. The molecule has 9 heteroatoms. The van der Waals surface area contributed by atoms with Gasteiger partial charge in [-0.1, -0.05) is 50.6 Å². The maximum Gasteiger partial charge on any atom is 0.511 e. The molecule has 8 nitrogen and oxygen atoms in total. The fraction of sp³-hybridized carbons (Fsp3) is 0.419. The minimum atomic E-state index is -1.36. The van der Waals surface area contributed by atoms with E-state index in [9.17, 15) is 14.7 Å². The predicted octanol–water partition coefficient (Wildman–Crippen LogP) is 6.43. The normalized spacial score (nSPS) is 19.1. The van der Waals surface area contributed by atoms with Crippen LogP contribution in [0.2, 0.25) is 5.02 Å². The predicted molar refractivity (Wildman–Crippen MR) is 154 cm³/mol. The van der Waals surface area contributed by atoms with E-state index in [2.05, 4.69) is 30.7 Å². The second kappa shape index (κ2) is 10.8. The molecule has 0 radical (unpaired) electrons. The van der Waals surface area contributed by atoms with Gasteiger partial charge in [0.2, 0.25) is 0 Å². The fourth-order valence-electron chi connectivity index (χ4n) is 6.25. The molecule has 2 atom stereocenters. The molecule has 1 fully saturated rings. The number of hydrogen-bond acceptors (Lipinski definition) is 6. The van der Waals surface area contributed by atoms with Crippen molar-refractivity contribution in [3.8, 4) is 5.75 Å². The largest absolute Gasteiger partial charge is 0.511 e. The lowest BCUT2D eigenvalue weighted by Crippen LogP contribution is -2.60. The third kappa shape index (κ3) is 5.30. The van der Waals surface area contributed by atoms with E-state index >= 15 is 0 Å². The highest BCUT2D eigenvalue weighted by Crippen LogP contribution is 2.46. The van der Waals surface area contributed by atoms with E-state index in [1.807, 2.05) is 37.5 Å². The van der Waals surface area contributed by atoms with Gasteiger partial charge in [0.1, 0.15) is 23.4 Å². The molecular formula is C31H36ClN4O4+. The number of carbonyl (C=O) groups is 2. The number of rotatable bonds is 5. The van der Waals surface area contributed by atoms with Crippen LogP contribution in [0.5, 0.6) is 5.75 Å². The van der Waals surface area contributed by atoms with E-state index in [0.29, 0.717) is 10.6 Å². The second-order valence-corrected chi connectivity index (χ2v) is 12.3. The molecule has 1 saturated heterocycles. The summed E-state index contributed by atoms with van der Waals surface area (Å²) in [6, 6.07) is 14.4. The Morgan fingerprint density at radius 1 is 1.07 bits per heavy atom. The van der Waals surface area contributed by atoms with Crippen LogP contribution in [0.4, 0.5) is 10.6 Å². The number of carboxylic acid groups (broad SMARTS) is 1. The lowest BCUT2D eigenvalue weighted by Gasteiger charge is -2.47. The van der Waals surface area contributed by atoms with E-state index < -0.39 is 6.16 Å². The minimum absolute atomic E-state index is 0.0245. The van der Waals surface area contributed by atoms with Gasteiger partial charge in [-0.05, 0) is 42.3 Å². The van der Waals surface area contributed by atoms with Gasteiger partial charge in [-0.25, -0.2) is 24.0 Å². The first-order valence-corrected chi connectivity index (χ1v) is 14.1. The van der Waals surface area contributed by atoms with Crippen LogP contribution in [-0.2, 0) is 11.8 Å². The molecule has 210 valence electrons. The summed E-state index contributed by atoms with van der Waals surface area (Å²) >= 11 is 6.57. The zero-order valence-corrected chi connectivity index (χ0v) is 24.2. The summed E-state index contributed by atoms with van der Waals surface area (Å²) in [6.45, 7) is 7.84. The maximum absolute atomic E-state index is 14.5. The summed E-state index contributed by atoms with van der Waals surface area (Å²) in [6.07, 6.45) is 3.64. The van der Waals surface area contributed by atoms with Crippen LogP contribution in [-0.4, -0.2) is 57.8 Å². The van der Waals surface area contributed by atoms with Crippen LogP contribution in [0.1, 0.15) is 73.4 Å². The highest BCUT2D eigenvalue weighted by atomic mass is 35.5. The fourth-order valence-corrected chi connectivity index (χ4v) is 6.47. The van der Waals surface area contributed by atoms with Crippen molar-refractivity contribution in [2.24, 2.45) is 0 Å². The number of hydrogen-bond donors (Lipinski definition) is 1. The topological polar surface area (TPSA) is 92.6 Å². The maximum atomic E-state index is 14.5. The van der Waals surface area contributed by atoms with Gasteiger partial charge in [0.05, 0.1) is 23.7 Å². The van der Waals surface area contributed by atoms with E-state index in [0.717, 1.165) is 61.5 Å². The number of fused-ring (bicyclic) bond motifs is 1. The number of benzene rings is 2. The summed E-state index contributed by atoms with van der Waals surface area (Å²) < 4.78 is 5.16. The number of quaternary nitrogens is 1. The van der Waals surface area contributed by atoms with Crippen molar-refractivity contribution >= 4 is 29.5 Å². The number of ether oxygens (including phenoxy) is 1. The summed E-state index contributed by atoms with van der Waals surface area (Å²) in [5.74, 6) is 1.96. The lowest BCUT2D eigenvalue weighted by molar-refractivity contribution is -0.887. The van der Waals surface area contributed by atoms with E-state index in [4.69, 9.17) is 21.3 Å². The van der Waals surface area contributed by atoms with Crippen molar-refractivity contribution in [1.29, 1.82) is 0 Å². The van der Waals surface area contributed by atoms with E-state index in [1.165, 1.54) is 0 Å². The van der Waals surface area contributed by atoms with Crippen LogP contribution in [0.3, 0.4) is 0 Å². The Balaban J connectivity index is 1.49. The molecule has 2 aromatic carbocycles. The Morgan fingerprint density at radius 3 is 2.48 bits per heavy atom. The Hall–Kier alpha value is -3.49. The van der Waals surface area contributed by atoms with Gasteiger partial charge in [0, 0.05) is 49.5 Å². The van der Waals surface area contributed by atoms with Crippen molar-refractivity contribution in [3.05, 3.63) is 82.3 Å². The molecular weight excluding hydrogens is 528 g/mol. The van der Waals surface area contributed by atoms with Crippen molar-refractivity contribution in [1.82, 2.24) is 9.97 Å². The molecule has 3 aromatic rings. The minimum Gasteiger partial charge on any atom is -0.449 e. The van der Waals surface area contributed by atoms with E-state index in [1.54, 1.807) is 24.3 Å². The summed E-state index contributed by atoms with van der Waals surface area (Å²) in [7, 11) is 2.03. The van der Waals surface area contributed by atoms with Gasteiger partial charge in [0.25, 0.3) is 0 Å². The molecule has 2 heterocycles. The standard InChI is InChI=1S/C31H35ClN4O4/c1-31(2,3)29-33-16-13-27(34-29)35-17-14-21(15-18-35)36(4,28(37)23-7-5-6-8-25(23)32)26-12-10-20-9-11-22(19-24(20)26)40-30(38)39/h5-9,11,13,16,19,21,26H,10,12,14-15,17-18H2,1-4H3/p+1. The zero-order valence-electron chi connectivity index (χ0n) is 23.4. The van der Waals surface area contributed by atoms with Crippen molar-refractivity contribution in [2.75, 3.05) is 25.0 Å².